The molecule has 2 saturated heterocycles. The van der Waals surface area contributed by atoms with Gasteiger partial charge in [-0.1, -0.05) is 6.07 Å². The van der Waals surface area contributed by atoms with Crippen LogP contribution in [0.1, 0.15) is 57.1 Å². The maximum absolute atomic E-state index is 13.0. The van der Waals surface area contributed by atoms with Gasteiger partial charge in [0.05, 0.1) is 5.69 Å². The summed E-state index contributed by atoms with van der Waals surface area (Å²) in [6.07, 6.45) is 7.46. The number of carbonyl (C=O) groups is 2. The van der Waals surface area contributed by atoms with Crippen LogP contribution in [0, 0.1) is 5.92 Å². The van der Waals surface area contributed by atoms with Crippen molar-refractivity contribution < 1.29 is 19.4 Å². The molecule has 1 saturated carbocycles. The van der Waals surface area contributed by atoms with Gasteiger partial charge in [-0.3, -0.25) is 14.6 Å². The Hall–Kier alpha value is -1.99. The van der Waals surface area contributed by atoms with E-state index in [-0.39, 0.29) is 29.9 Å². The monoisotopic (exact) mass is 401 g/mol. The summed E-state index contributed by atoms with van der Waals surface area (Å²) < 4.78 is 5.45. The van der Waals surface area contributed by atoms with Gasteiger partial charge in [-0.05, 0) is 63.5 Å². The molecule has 0 spiro atoms. The molecule has 7 heteroatoms. The van der Waals surface area contributed by atoms with Crippen molar-refractivity contribution in [1.29, 1.82) is 0 Å². The van der Waals surface area contributed by atoms with Crippen LogP contribution in [0.3, 0.4) is 0 Å². The molecule has 1 aromatic rings. The van der Waals surface area contributed by atoms with E-state index in [1.54, 1.807) is 6.20 Å². The number of aliphatic hydroxyl groups is 1. The lowest BCUT2D eigenvalue weighted by molar-refractivity contribution is -0.141. The average molecular weight is 402 g/mol. The van der Waals surface area contributed by atoms with Crippen LogP contribution in [0.5, 0.6) is 0 Å². The minimum atomic E-state index is -0.942. The zero-order valence-corrected chi connectivity index (χ0v) is 16.9. The van der Waals surface area contributed by atoms with Crippen LogP contribution in [-0.4, -0.2) is 58.6 Å². The van der Waals surface area contributed by atoms with Gasteiger partial charge in [0.25, 0.3) is 0 Å². The number of nitrogens with one attached hydrogen (secondary N) is 1. The number of aromatic nitrogens is 1. The predicted octanol–water partition coefficient (Wildman–Crippen LogP) is 1.75. The molecular weight excluding hydrogens is 370 g/mol. The van der Waals surface area contributed by atoms with Gasteiger partial charge in [0.15, 0.2) is 0 Å². The highest BCUT2D eigenvalue weighted by molar-refractivity contribution is 5.81. The van der Waals surface area contributed by atoms with Gasteiger partial charge >= 0.3 is 0 Å². The molecule has 29 heavy (non-hydrogen) atoms. The van der Waals surface area contributed by atoms with Crippen molar-refractivity contribution in [2.75, 3.05) is 19.7 Å². The van der Waals surface area contributed by atoms with E-state index in [0.717, 1.165) is 38.5 Å². The second-order valence-electron chi connectivity index (χ2n) is 8.63. The Balaban J connectivity index is 1.23. The molecule has 2 amide bonds. The van der Waals surface area contributed by atoms with E-state index in [9.17, 15) is 14.7 Å². The fraction of sp³-hybridized carbons (Fsp3) is 0.682. The van der Waals surface area contributed by atoms with Crippen molar-refractivity contribution in [2.45, 2.75) is 69.1 Å². The number of nitrogens with zero attached hydrogens (tertiary/aromatic N) is 2. The standard InChI is InChI=1S/C22H31N3O4/c26-20(18-4-3-15-29-18)24-17-8-6-16(7-9-17)21(27)25-13-10-22(28,11-14-25)19-5-1-2-12-23-19/h1-2,5,12,16-18,28H,3-4,6-11,13-15H2,(H,24,26). The van der Waals surface area contributed by atoms with Crippen molar-refractivity contribution >= 4 is 11.8 Å². The van der Waals surface area contributed by atoms with Gasteiger partial charge in [0, 0.05) is 37.9 Å². The fourth-order valence-corrected chi connectivity index (χ4v) is 4.81. The Labute approximate surface area is 171 Å². The summed E-state index contributed by atoms with van der Waals surface area (Å²) in [4.78, 5) is 31.4. The number of rotatable bonds is 4. The van der Waals surface area contributed by atoms with Crippen molar-refractivity contribution in [3.63, 3.8) is 0 Å². The third-order valence-corrected chi connectivity index (χ3v) is 6.69. The molecule has 0 bridgehead atoms. The second-order valence-corrected chi connectivity index (χ2v) is 8.63. The smallest absolute Gasteiger partial charge is 0.249 e. The topological polar surface area (TPSA) is 91.8 Å². The zero-order chi connectivity index (χ0) is 20.3. The quantitative estimate of drug-likeness (QED) is 0.802. The van der Waals surface area contributed by atoms with Gasteiger partial charge in [0.2, 0.25) is 11.8 Å². The molecule has 7 nitrogen and oxygen atoms in total. The molecule has 3 aliphatic rings. The molecule has 1 unspecified atom stereocenters. The van der Waals surface area contributed by atoms with Gasteiger partial charge < -0.3 is 20.1 Å². The molecule has 1 atom stereocenters. The van der Waals surface area contributed by atoms with Crippen LogP contribution in [0.25, 0.3) is 0 Å². The molecule has 1 aliphatic carbocycles. The summed E-state index contributed by atoms with van der Waals surface area (Å²) in [6.45, 7) is 1.79. The highest BCUT2D eigenvalue weighted by atomic mass is 16.5. The molecule has 0 aromatic carbocycles. The van der Waals surface area contributed by atoms with Crippen LogP contribution in [0.4, 0.5) is 0 Å². The Morgan fingerprint density at radius 3 is 2.52 bits per heavy atom. The number of piperidine rings is 1. The first-order chi connectivity index (χ1) is 14.0. The first-order valence-electron chi connectivity index (χ1n) is 10.9. The molecule has 2 aliphatic heterocycles. The number of hydrogen-bond acceptors (Lipinski definition) is 5. The molecule has 0 radical (unpaired) electrons. The molecule has 3 heterocycles. The summed E-state index contributed by atoms with van der Waals surface area (Å²) in [5.41, 5.74) is -0.253. The molecular formula is C22H31N3O4. The van der Waals surface area contributed by atoms with Gasteiger partial charge in [0.1, 0.15) is 11.7 Å². The lowest BCUT2D eigenvalue weighted by atomic mass is 9.83. The van der Waals surface area contributed by atoms with Crippen molar-refractivity contribution in [1.82, 2.24) is 15.2 Å². The third-order valence-electron chi connectivity index (χ3n) is 6.69. The Morgan fingerprint density at radius 1 is 1.14 bits per heavy atom. The summed E-state index contributed by atoms with van der Waals surface area (Å²) in [5.74, 6) is 0.214. The predicted molar refractivity (Wildman–Crippen MR) is 107 cm³/mol. The van der Waals surface area contributed by atoms with E-state index >= 15 is 0 Å². The molecule has 158 valence electrons. The molecule has 2 N–H and O–H groups in total. The number of carbonyl (C=O) groups excluding carboxylic acids is 2. The van der Waals surface area contributed by atoms with E-state index in [0.29, 0.717) is 38.2 Å². The maximum Gasteiger partial charge on any atom is 0.249 e. The number of ether oxygens (including phenoxy) is 1. The van der Waals surface area contributed by atoms with E-state index in [1.165, 1.54) is 0 Å². The van der Waals surface area contributed by atoms with E-state index in [1.807, 2.05) is 23.1 Å². The van der Waals surface area contributed by atoms with E-state index in [4.69, 9.17) is 4.74 Å². The summed E-state index contributed by atoms with van der Waals surface area (Å²) in [6, 6.07) is 5.72. The van der Waals surface area contributed by atoms with E-state index < -0.39 is 5.60 Å². The fourth-order valence-electron chi connectivity index (χ4n) is 4.81. The first kappa shape index (κ1) is 20.3. The summed E-state index contributed by atoms with van der Waals surface area (Å²) >= 11 is 0. The van der Waals surface area contributed by atoms with Gasteiger partial charge in [-0.2, -0.15) is 0 Å². The minimum Gasteiger partial charge on any atom is -0.383 e. The third kappa shape index (κ3) is 4.61. The number of likely N-dealkylation sites (tertiary alicyclic amines) is 1. The van der Waals surface area contributed by atoms with Crippen molar-refractivity contribution in [2.24, 2.45) is 5.92 Å². The SMILES string of the molecule is O=C(NC1CCC(C(=O)N2CCC(O)(c3ccccn3)CC2)CC1)C1CCCO1. The highest BCUT2D eigenvalue weighted by Crippen LogP contribution is 2.33. The van der Waals surface area contributed by atoms with Crippen LogP contribution in [0.2, 0.25) is 0 Å². The number of pyridine rings is 1. The second kappa shape index (κ2) is 8.79. The lowest BCUT2D eigenvalue weighted by Gasteiger charge is -2.40. The van der Waals surface area contributed by atoms with E-state index in [2.05, 4.69) is 10.3 Å². The Bertz CT molecular complexity index is 704. The van der Waals surface area contributed by atoms with Crippen LogP contribution in [0.15, 0.2) is 24.4 Å². The lowest BCUT2D eigenvalue weighted by Crippen LogP contribution is -2.49. The number of hydrogen-bond donors (Lipinski definition) is 2. The average Bonchev–Trinajstić information content (AvgIpc) is 3.30. The van der Waals surface area contributed by atoms with Crippen LogP contribution in [-0.2, 0) is 19.9 Å². The Kier molecular flexibility index (Phi) is 6.15. The van der Waals surface area contributed by atoms with Crippen LogP contribution < -0.4 is 5.32 Å². The van der Waals surface area contributed by atoms with Gasteiger partial charge in [-0.25, -0.2) is 0 Å². The summed E-state index contributed by atoms with van der Waals surface area (Å²) in [5, 5.41) is 14.0. The maximum atomic E-state index is 13.0. The van der Waals surface area contributed by atoms with Crippen molar-refractivity contribution in [3.8, 4) is 0 Å². The van der Waals surface area contributed by atoms with Crippen LogP contribution >= 0.6 is 0 Å². The number of amides is 2. The minimum absolute atomic E-state index is 0.00196. The molecule has 3 fully saturated rings. The summed E-state index contributed by atoms with van der Waals surface area (Å²) in [7, 11) is 0. The molecule has 1 aromatic heterocycles. The Morgan fingerprint density at radius 2 is 1.90 bits per heavy atom. The molecule has 4 rings (SSSR count). The zero-order valence-electron chi connectivity index (χ0n) is 16.9. The van der Waals surface area contributed by atoms with Gasteiger partial charge in [-0.15, -0.1) is 0 Å². The van der Waals surface area contributed by atoms with Crippen molar-refractivity contribution in [3.05, 3.63) is 30.1 Å². The highest BCUT2D eigenvalue weighted by Gasteiger charge is 2.38. The first-order valence-corrected chi connectivity index (χ1v) is 10.9. The largest absolute Gasteiger partial charge is 0.383 e. The normalized spacial score (nSPS) is 29.4.